The molecule has 1 heterocycles. The average molecular weight is 411 g/mol. The third-order valence-corrected chi connectivity index (χ3v) is 3.86. The molecule has 2 rings (SSSR count). The largest absolute Gasteiger partial charge is 0.483 e. The molecule has 29 heavy (non-hydrogen) atoms. The molecule has 2 aromatic rings. The molecule has 0 saturated carbocycles. The van der Waals surface area contributed by atoms with Crippen molar-refractivity contribution in [1.82, 2.24) is 15.6 Å². The lowest BCUT2D eigenvalue weighted by Gasteiger charge is -2.20. The lowest BCUT2D eigenvalue weighted by molar-refractivity contribution is -0.153. The van der Waals surface area contributed by atoms with Crippen LogP contribution in [0, 0.1) is 0 Å². The van der Waals surface area contributed by atoms with Gasteiger partial charge in [-0.25, -0.2) is 4.79 Å². The van der Waals surface area contributed by atoms with Crippen LogP contribution < -0.4 is 15.4 Å². The van der Waals surface area contributed by atoms with Gasteiger partial charge in [-0.1, -0.05) is 30.3 Å². The fourth-order valence-corrected chi connectivity index (χ4v) is 2.49. The Kier molecular flexibility index (Phi) is 7.40. The number of pyridine rings is 1. The summed E-state index contributed by atoms with van der Waals surface area (Å²) in [5.41, 5.74) is 1.16. The number of nitrogens with one attached hydrogen (secondary N) is 2. The van der Waals surface area contributed by atoms with Gasteiger partial charge in [0.25, 0.3) is 0 Å². The van der Waals surface area contributed by atoms with E-state index in [1.807, 2.05) is 0 Å². The van der Waals surface area contributed by atoms with Gasteiger partial charge in [0, 0.05) is 6.42 Å². The summed E-state index contributed by atoms with van der Waals surface area (Å²) in [5, 5.41) is 13.8. The first-order valence-corrected chi connectivity index (χ1v) is 8.63. The third kappa shape index (κ3) is 7.68. The Bertz CT molecular complexity index is 814. The van der Waals surface area contributed by atoms with Crippen molar-refractivity contribution < 1.29 is 32.6 Å². The summed E-state index contributed by atoms with van der Waals surface area (Å²) >= 11 is 0. The standard InChI is InChI=1S/C19H20F3N3O4/c1-12(15-8-7-14(10-23-15)29-11-19(20,21)22)24-17(26)16(25-18(27)28)9-13-5-3-2-4-6-13/h2-8,10,12,16,25H,9,11H2,1H3,(H,24,26)(H,27,28)/t12-,16-/m1/s1. The number of amides is 2. The van der Waals surface area contributed by atoms with Gasteiger partial charge in [0.15, 0.2) is 6.61 Å². The Morgan fingerprint density at radius 2 is 1.83 bits per heavy atom. The number of hydrogen-bond donors (Lipinski definition) is 3. The second-order valence-corrected chi connectivity index (χ2v) is 6.24. The molecule has 0 spiro atoms. The predicted molar refractivity (Wildman–Crippen MR) is 97.4 cm³/mol. The molecule has 0 fully saturated rings. The Hall–Kier alpha value is -3.30. The average Bonchev–Trinajstić information content (AvgIpc) is 2.66. The number of benzene rings is 1. The van der Waals surface area contributed by atoms with E-state index in [0.717, 1.165) is 11.8 Å². The molecule has 10 heteroatoms. The highest BCUT2D eigenvalue weighted by atomic mass is 19.4. The SMILES string of the molecule is C[C@@H](NC(=O)[C@@H](Cc1ccccc1)NC(=O)O)c1ccc(OCC(F)(F)F)cn1. The molecule has 0 radical (unpaired) electrons. The van der Waals surface area contributed by atoms with Crippen LogP contribution in [0.3, 0.4) is 0 Å². The van der Waals surface area contributed by atoms with E-state index in [4.69, 9.17) is 5.11 Å². The fraction of sp³-hybridized carbons (Fsp3) is 0.316. The van der Waals surface area contributed by atoms with Crippen LogP contribution >= 0.6 is 0 Å². The number of aromatic nitrogens is 1. The lowest BCUT2D eigenvalue weighted by atomic mass is 10.0. The normalized spacial score (nSPS) is 13.2. The van der Waals surface area contributed by atoms with Gasteiger partial charge < -0.3 is 20.5 Å². The van der Waals surface area contributed by atoms with Crippen LogP contribution in [0.25, 0.3) is 0 Å². The van der Waals surface area contributed by atoms with Crippen LogP contribution in [-0.2, 0) is 11.2 Å². The summed E-state index contributed by atoms with van der Waals surface area (Å²) in [7, 11) is 0. The highest BCUT2D eigenvalue weighted by Gasteiger charge is 2.28. The van der Waals surface area contributed by atoms with Crippen LogP contribution in [0.15, 0.2) is 48.7 Å². The summed E-state index contributed by atoms with van der Waals surface area (Å²) < 4.78 is 41.1. The minimum absolute atomic E-state index is 0.0564. The zero-order chi connectivity index (χ0) is 21.4. The molecule has 0 saturated heterocycles. The van der Waals surface area contributed by atoms with Gasteiger partial charge in [-0.15, -0.1) is 0 Å². The zero-order valence-electron chi connectivity index (χ0n) is 15.4. The number of rotatable bonds is 8. The van der Waals surface area contributed by atoms with Crippen LogP contribution in [0.2, 0.25) is 0 Å². The van der Waals surface area contributed by atoms with Crippen LogP contribution in [0.4, 0.5) is 18.0 Å². The van der Waals surface area contributed by atoms with Crippen molar-refractivity contribution in [1.29, 1.82) is 0 Å². The van der Waals surface area contributed by atoms with Gasteiger partial charge in [-0.2, -0.15) is 13.2 Å². The monoisotopic (exact) mass is 411 g/mol. The summed E-state index contributed by atoms with van der Waals surface area (Å²) in [6, 6.07) is 10.0. The number of ether oxygens (including phenoxy) is 1. The van der Waals surface area contributed by atoms with Crippen molar-refractivity contribution in [3.05, 3.63) is 59.9 Å². The molecular weight excluding hydrogens is 391 g/mol. The van der Waals surface area contributed by atoms with E-state index in [-0.39, 0.29) is 12.2 Å². The number of carboxylic acid groups (broad SMARTS) is 1. The maximum Gasteiger partial charge on any atom is 0.422 e. The van der Waals surface area contributed by atoms with Crippen LogP contribution in [-0.4, -0.2) is 40.9 Å². The maximum absolute atomic E-state index is 12.5. The van der Waals surface area contributed by atoms with E-state index in [0.29, 0.717) is 5.69 Å². The maximum atomic E-state index is 12.5. The number of nitrogens with zero attached hydrogens (tertiary/aromatic N) is 1. The van der Waals surface area contributed by atoms with Crippen LogP contribution in [0.5, 0.6) is 5.75 Å². The van der Waals surface area contributed by atoms with E-state index in [2.05, 4.69) is 20.4 Å². The molecule has 1 aromatic heterocycles. The molecule has 2 amide bonds. The van der Waals surface area contributed by atoms with Gasteiger partial charge in [0.2, 0.25) is 5.91 Å². The second-order valence-electron chi connectivity index (χ2n) is 6.24. The summed E-state index contributed by atoms with van der Waals surface area (Å²) in [5.74, 6) is -0.609. The molecule has 3 N–H and O–H groups in total. The summed E-state index contributed by atoms with van der Waals surface area (Å²) in [6.07, 6.45) is -4.51. The number of alkyl halides is 3. The topological polar surface area (TPSA) is 101 Å². The first-order chi connectivity index (χ1) is 13.6. The molecule has 156 valence electrons. The van der Waals surface area contributed by atoms with Gasteiger partial charge in [0.05, 0.1) is 17.9 Å². The van der Waals surface area contributed by atoms with E-state index >= 15 is 0 Å². The summed E-state index contributed by atoms with van der Waals surface area (Å²) in [4.78, 5) is 27.6. The smallest absolute Gasteiger partial charge is 0.422 e. The molecule has 0 aliphatic rings. The minimum atomic E-state index is -4.45. The van der Waals surface area contributed by atoms with Crippen molar-refractivity contribution in [3.8, 4) is 5.75 Å². The third-order valence-electron chi connectivity index (χ3n) is 3.86. The molecular formula is C19H20F3N3O4. The van der Waals surface area contributed by atoms with Gasteiger partial charge in [0.1, 0.15) is 11.8 Å². The molecule has 0 unspecified atom stereocenters. The number of carbonyl (C=O) groups is 2. The molecule has 0 aliphatic heterocycles. The first kappa shape index (κ1) is 22.0. The zero-order valence-corrected chi connectivity index (χ0v) is 15.4. The quantitative estimate of drug-likeness (QED) is 0.620. The Balaban J connectivity index is 1.99. The second kappa shape index (κ2) is 9.76. The Morgan fingerprint density at radius 3 is 2.38 bits per heavy atom. The van der Waals surface area contributed by atoms with Crippen molar-refractivity contribution in [2.75, 3.05) is 6.61 Å². The van der Waals surface area contributed by atoms with Crippen molar-refractivity contribution >= 4 is 12.0 Å². The van der Waals surface area contributed by atoms with Crippen molar-refractivity contribution in [3.63, 3.8) is 0 Å². The molecule has 1 aromatic carbocycles. The highest BCUT2D eigenvalue weighted by Crippen LogP contribution is 2.19. The van der Waals surface area contributed by atoms with Gasteiger partial charge in [-0.05, 0) is 24.6 Å². The number of carbonyl (C=O) groups excluding carboxylic acids is 1. The molecule has 0 aliphatic carbocycles. The lowest BCUT2D eigenvalue weighted by Crippen LogP contribution is -2.48. The number of hydrogen-bond acceptors (Lipinski definition) is 4. The predicted octanol–water partition coefficient (Wildman–Crippen LogP) is 3.08. The Morgan fingerprint density at radius 1 is 1.14 bits per heavy atom. The Labute approximate surface area is 164 Å². The van der Waals surface area contributed by atoms with Crippen LogP contribution in [0.1, 0.15) is 24.2 Å². The van der Waals surface area contributed by atoms with Gasteiger partial charge in [-0.3, -0.25) is 9.78 Å². The van der Waals surface area contributed by atoms with E-state index in [1.54, 1.807) is 37.3 Å². The number of halogens is 3. The van der Waals surface area contributed by atoms with Gasteiger partial charge >= 0.3 is 12.3 Å². The molecule has 7 nitrogen and oxygen atoms in total. The minimum Gasteiger partial charge on any atom is -0.483 e. The van der Waals surface area contributed by atoms with Crippen molar-refractivity contribution in [2.24, 2.45) is 0 Å². The molecule has 2 atom stereocenters. The summed E-state index contributed by atoms with van der Waals surface area (Å²) in [6.45, 7) is 0.194. The van der Waals surface area contributed by atoms with E-state index in [1.165, 1.54) is 12.1 Å². The van der Waals surface area contributed by atoms with E-state index in [9.17, 15) is 22.8 Å². The fourth-order valence-electron chi connectivity index (χ4n) is 2.49. The first-order valence-electron chi connectivity index (χ1n) is 8.63. The molecule has 0 bridgehead atoms. The van der Waals surface area contributed by atoms with E-state index < -0.39 is 36.9 Å². The highest BCUT2D eigenvalue weighted by molar-refractivity contribution is 5.85. The van der Waals surface area contributed by atoms with Crippen molar-refractivity contribution in [2.45, 2.75) is 31.6 Å².